The second-order valence-corrected chi connectivity index (χ2v) is 3.60. The molecule has 1 saturated carbocycles. The quantitative estimate of drug-likeness (QED) is 0.594. The molecule has 0 aromatic heterocycles. The number of methoxy groups -OCH3 is 1. The monoisotopic (exact) mass is 200 g/mol. The van der Waals surface area contributed by atoms with E-state index in [1.54, 1.807) is 0 Å². The smallest absolute Gasteiger partial charge is 0.325 e. The van der Waals surface area contributed by atoms with Crippen molar-refractivity contribution in [3.63, 3.8) is 0 Å². The van der Waals surface area contributed by atoms with Crippen molar-refractivity contribution in [3.05, 3.63) is 0 Å². The van der Waals surface area contributed by atoms with Crippen LogP contribution in [0.4, 0.5) is 0 Å². The van der Waals surface area contributed by atoms with Crippen LogP contribution in [0.2, 0.25) is 0 Å². The van der Waals surface area contributed by atoms with Gasteiger partial charge >= 0.3 is 5.97 Å². The third-order valence-corrected chi connectivity index (χ3v) is 2.80. The molecule has 1 aliphatic carbocycles. The number of carbonyl (C=O) groups excluding carboxylic acids is 2. The summed E-state index contributed by atoms with van der Waals surface area (Å²) in [5.41, 5.74) is 5.11. The minimum Gasteiger partial charge on any atom is -0.468 e. The van der Waals surface area contributed by atoms with E-state index in [9.17, 15) is 9.59 Å². The molecular weight excluding hydrogens is 184 g/mol. The van der Waals surface area contributed by atoms with Crippen molar-refractivity contribution in [2.45, 2.75) is 19.3 Å². The van der Waals surface area contributed by atoms with Gasteiger partial charge in [0.15, 0.2) is 0 Å². The number of esters is 1. The first kappa shape index (κ1) is 11.0. The lowest BCUT2D eigenvalue weighted by Gasteiger charge is -2.38. The average molecular weight is 200 g/mol. The summed E-state index contributed by atoms with van der Waals surface area (Å²) in [6.07, 6.45) is 2.66. The fourth-order valence-electron chi connectivity index (χ4n) is 1.54. The van der Waals surface area contributed by atoms with E-state index >= 15 is 0 Å². The summed E-state index contributed by atoms with van der Waals surface area (Å²) >= 11 is 0. The van der Waals surface area contributed by atoms with Gasteiger partial charge in [-0.25, -0.2) is 0 Å². The van der Waals surface area contributed by atoms with Gasteiger partial charge in [-0.1, -0.05) is 6.42 Å². The zero-order valence-electron chi connectivity index (χ0n) is 8.34. The molecule has 5 nitrogen and oxygen atoms in total. The lowest BCUT2D eigenvalue weighted by Crippen LogP contribution is -2.51. The highest BCUT2D eigenvalue weighted by Gasteiger charge is 2.42. The van der Waals surface area contributed by atoms with E-state index in [0.717, 1.165) is 19.3 Å². The molecule has 0 aromatic rings. The number of ether oxygens (including phenoxy) is 1. The zero-order valence-corrected chi connectivity index (χ0v) is 8.34. The van der Waals surface area contributed by atoms with Gasteiger partial charge < -0.3 is 15.8 Å². The molecule has 1 fully saturated rings. The summed E-state index contributed by atoms with van der Waals surface area (Å²) in [5, 5.41) is 2.53. The molecule has 0 bridgehead atoms. The Morgan fingerprint density at radius 1 is 1.50 bits per heavy atom. The second kappa shape index (κ2) is 4.41. The van der Waals surface area contributed by atoms with E-state index in [1.807, 2.05) is 0 Å². The normalized spacial score (nSPS) is 18.1. The maximum Gasteiger partial charge on any atom is 0.325 e. The summed E-state index contributed by atoms with van der Waals surface area (Å²) in [6.45, 7) is 0.275. The molecule has 3 N–H and O–H groups in total. The molecule has 5 heteroatoms. The molecule has 1 amide bonds. The maximum absolute atomic E-state index is 11.6. The van der Waals surface area contributed by atoms with E-state index in [-0.39, 0.29) is 12.5 Å². The Balaban J connectivity index is 2.37. The minimum atomic E-state index is -0.440. The molecule has 1 aliphatic rings. The Morgan fingerprint density at radius 3 is 2.50 bits per heavy atom. The van der Waals surface area contributed by atoms with Crippen molar-refractivity contribution in [3.8, 4) is 0 Å². The number of nitrogens with two attached hydrogens (primary N) is 1. The second-order valence-electron chi connectivity index (χ2n) is 3.60. The highest BCUT2D eigenvalue weighted by molar-refractivity contribution is 5.87. The maximum atomic E-state index is 11.6. The highest BCUT2D eigenvalue weighted by Crippen LogP contribution is 2.39. The molecule has 0 unspecified atom stereocenters. The first-order valence-corrected chi connectivity index (χ1v) is 4.70. The summed E-state index contributed by atoms with van der Waals surface area (Å²) in [7, 11) is 1.29. The van der Waals surface area contributed by atoms with Crippen molar-refractivity contribution in [2.24, 2.45) is 11.1 Å². The van der Waals surface area contributed by atoms with Gasteiger partial charge in [-0.3, -0.25) is 9.59 Å². The van der Waals surface area contributed by atoms with E-state index in [2.05, 4.69) is 10.1 Å². The largest absolute Gasteiger partial charge is 0.468 e. The predicted molar refractivity (Wildman–Crippen MR) is 50.4 cm³/mol. The van der Waals surface area contributed by atoms with Gasteiger partial charge in [-0.05, 0) is 12.8 Å². The van der Waals surface area contributed by atoms with Gasteiger partial charge in [0.2, 0.25) is 5.91 Å². The van der Waals surface area contributed by atoms with Gasteiger partial charge in [-0.2, -0.15) is 0 Å². The van der Waals surface area contributed by atoms with Crippen molar-refractivity contribution in [1.82, 2.24) is 5.32 Å². The van der Waals surface area contributed by atoms with Crippen LogP contribution in [0.25, 0.3) is 0 Å². The Kier molecular flexibility index (Phi) is 3.46. The van der Waals surface area contributed by atoms with E-state index < -0.39 is 11.4 Å². The molecule has 0 radical (unpaired) electrons. The molecule has 0 atom stereocenters. The molecule has 1 rings (SSSR count). The molecule has 0 aliphatic heterocycles. The minimum absolute atomic E-state index is 0.0723. The van der Waals surface area contributed by atoms with Gasteiger partial charge in [0, 0.05) is 6.54 Å². The highest BCUT2D eigenvalue weighted by atomic mass is 16.5. The van der Waals surface area contributed by atoms with Crippen LogP contribution in [0, 0.1) is 5.41 Å². The van der Waals surface area contributed by atoms with E-state index in [0.29, 0.717) is 6.54 Å². The Morgan fingerprint density at radius 2 is 2.14 bits per heavy atom. The molecule has 0 aromatic carbocycles. The number of hydrogen-bond donors (Lipinski definition) is 2. The fraction of sp³-hybridized carbons (Fsp3) is 0.778. The van der Waals surface area contributed by atoms with Crippen molar-refractivity contribution < 1.29 is 14.3 Å². The van der Waals surface area contributed by atoms with Gasteiger partial charge in [-0.15, -0.1) is 0 Å². The molecule has 0 spiro atoms. The number of carbonyl (C=O) groups is 2. The summed E-state index contributed by atoms with van der Waals surface area (Å²) in [5.74, 6) is -0.568. The third-order valence-electron chi connectivity index (χ3n) is 2.80. The zero-order chi connectivity index (χ0) is 10.6. The Bertz CT molecular complexity index is 231. The van der Waals surface area contributed by atoms with Crippen molar-refractivity contribution in [2.75, 3.05) is 20.2 Å². The van der Waals surface area contributed by atoms with Crippen LogP contribution in [0.15, 0.2) is 0 Å². The summed E-state index contributed by atoms with van der Waals surface area (Å²) < 4.78 is 4.41. The van der Waals surface area contributed by atoms with Crippen molar-refractivity contribution >= 4 is 11.9 Å². The van der Waals surface area contributed by atoms with Crippen LogP contribution >= 0.6 is 0 Å². The fourth-order valence-corrected chi connectivity index (χ4v) is 1.54. The topological polar surface area (TPSA) is 81.4 Å². The summed E-state index contributed by atoms with van der Waals surface area (Å²) in [6, 6.07) is 0. The van der Waals surface area contributed by atoms with E-state index in [4.69, 9.17) is 5.73 Å². The molecule has 0 heterocycles. The SMILES string of the molecule is COC(=O)CNC(=O)C1(CN)CCC1. The van der Waals surface area contributed by atoms with Crippen LogP contribution in [-0.2, 0) is 14.3 Å². The van der Waals surface area contributed by atoms with Crippen LogP contribution in [-0.4, -0.2) is 32.1 Å². The summed E-state index contributed by atoms with van der Waals surface area (Å²) in [4.78, 5) is 22.4. The number of rotatable bonds is 4. The van der Waals surface area contributed by atoms with Gasteiger partial charge in [0.1, 0.15) is 6.54 Å². The van der Waals surface area contributed by atoms with Gasteiger partial charge in [0.25, 0.3) is 0 Å². The van der Waals surface area contributed by atoms with Crippen LogP contribution in [0.1, 0.15) is 19.3 Å². The standard InChI is InChI=1S/C9H16N2O3/c1-14-7(12)5-11-8(13)9(6-10)3-2-4-9/h2-6,10H2,1H3,(H,11,13). The number of hydrogen-bond acceptors (Lipinski definition) is 4. The lowest BCUT2D eigenvalue weighted by atomic mass is 9.68. The van der Waals surface area contributed by atoms with Crippen LogP contribution < -0.4 is 11.1 Å². The van der Waals surface area contributed by atoms with E-state index in [1.165, 1.54) is 7.11 Å². The lowest BCUT2D eigenvalue weighted by molar-refractivity contribution is -0.144. The number of amides is 1. The van der Waals surface area contributed by atoms with Crippen LogP contribution in [0.3, 0.4) is 0 Å². The Labute approximate surface area is 83.0 Å². The molecule has 14 heavy (non-hydrogen) atoms. The first-order valence-electron chi connectivity index (χ1n) is 4.70. The first-order chi connectivity index (χ1) is 6.64. The molecular formula is C9H16N2O3. The molecule has 0 saturated heterocycles. The predicted octanol–water partition coefficient (Wildman–Crippen LogP) is -0.595. The van der Waals surface area contributed by atoms with Gasteiger partial charge in [0.05, 0.1) is 12.5 Å². The number of nitrogens with one attached hydrogen (secondary N) is 1. The average Bonchev–Trinajstić information content (AvgIpc) is 2.13. The van der Waals surface area contributed by atoms with Crippen molar-refractivity contribution in [1.29, 1.82) is 0 Å². The third kappa shape index (κ3) is 2.04. The Hall–Kier alpha value is -1.10. The van der Waals surface area contributed by atoms with Crippen LogP contribution in [0.5, 0.6) is 0 Å². The molecule has 80 valence electrons.